The second-order valence-electron chi connectivity index (χ2n) is 20.9. The number of hydrogen-bond donors (Lipinski definition) is 0. The summed E-state index contributed by atoms with van der Waals surface area (Å²) in [6, 6.07) is 0. The van der Waals surface area contributed by atoms with Gasteiger partial charge in [0.1, 0.15) is 13.2 Å². The first-order valence-corrected chi connectivity index (χ1v) is 32.5. The average molecular weight is 1100 g/mol. The molecule has 0 spiro atoms. The third kappa shape index (κ3) is 63.9. The van der Waals surface area contributed by atoms with Gasteiger partial charge in [-0.05, 0) is 128 Å². The highest BCUT2D eigenvalue weighted by Crippen LogP contribution is 2.15. The molecule has 0 bridgehead atoms. The molecule has 0 rings (SSSR count). The maximum Gasteiger partial charge on any atom is 0.306 e. The van der Waals surface area contributed by atoms with Crippen LogP contribution in [0, 0.1) is 0 Å². The fraction of sp³-hybridized carbons (Fsp3) is 0.608. The Bertz CT molecular complexity index is 1790. The average Bonchev–Trinajstić information content (AvgIpc) is 3.46. The van der Waals surface area contributed by atoms with Crippen molar-refractivity contribution < 1.29 is 28.6 Å². The molecule has 6 nitrogen and oxygen atoms in total. The van der Waals surface area contributed by atoms with Gasteiger partial charge in [-0.15, -0.1) is 0 Å². The van der Waals surface area contributed by atoms with Crippen molar-refractivity contribution in [2.75, 3.05) is 13.2 Å². The van der Waals surface area contributed by atoms with Gasteiger partial charge in [-0.2, -0.15) is 0 Å². The summed E-state index contributed by atoms with van der Waals surface area (Å²) in [6.07, 6.45) is 97.1. The predicted molar refractivity (Wildman–Crippen MR) is 348 cm³/mol. The largest absolute Gasteiger partial charge is 0.462 e. The smallest absolute Gasteiger partial charge is 0.306 e. The van der Waals surface area contributed by atoms with Crippen LogP contribution in [0.3, 0.4) is 0 Å². The molecule has 1 unspecified atom stereocenters. The van der Waals surface area contributed by atoms with Gasteiger partial charge < -0.3 is 14.2 Å². The molecule has 0 aromatic carbocycles. The number of ether oxygens (including phenoxy) is 3. The third-order valence-corrected chi connectivity index (χ3v) is 13.3. The molecular weight excluding hydrogens is 985 g/mol. The van der Waals surface area contributed by atoms with Crippen LogP contribution in [0.1, 0.15) is 271 Å². The number of carbonyl (C=O) groups excluding carboxylic acids is 3. The van der Waals surface area contributed by atoms with Gasteiger partial charge in [-0.1, -0.05) is 281 Å². The van der Waals surface area contributed by atoms with E-state index in [2.05, 4.69) is 179 Å². The zero-order valence-corrected chi connectivity index (χ0v) is 51.5. The van der Waals surface area contributed by atoms with Crippen molar-refractivity contribution in [3.8, 4) is 0 Å². The van der Waals surface area contributed by atoms with E-state index in [1.54, 1.807) is 0 Å². The molecule has 0 saturated carbocycles. The Morgan fingerprint density at radius 3 is 0.762 bits per heavy atom. The standard InChI is InChI=1S/C74H118O6/c1-4-7-10-13-16-18-20-22-24-26-28-30-32-34-36-37-39-40-42-44-46-48-50-52-54-56-58-61-64-67-73(76)79-70-71(69-78-72(75)66-63-60-15-12-9-6-3)80-74(77)68-65-62-59-57-55-53-51-49-47-45-43-41-38-35-33-31-29-27-25-23-21-19-17-14-11-8-5-2/h7-8,10-11,16-19,22-25,28-31,34-36,38-40,43-46,71H,4-6,9,12-15,20-21,26-27,32-33,37,41-42,47-70H2,1-3H3/b10-7-,11-8-,18-16-,19-17-,24-22-,25-23-,30-28-,31-29-,36-34-,38-35-,40-39-,45-43-,46-44-. The van der Waals surface area contributed by atoms with E-state index in [0.29, 0.717) is 19.3 Å². The second kappa shape index (κ2) is 66.5. The van der Waals surface area contributed by atoms with Gasteiger partial charge >= 0.3 is 17.9 Å². The first kappa shape index (κ1) is 75.0. The van der Waals surface area contributed by atoms with E-state index in [-0.39, 0.29) is 31.1 Å². The number of esters is 3. The molecule has 0 aliphatic heterocycles. The van der Waals surface area contributed by atoms with Crippen molar-refractivity contribution in [2.24, 2.45) is 0 Å². The molecule has 0 amide bonds. The number of rotatable bonds is 57. The maximum absolute atomic E-state index is 12.9. The Labute approximate surface area is 492 Å². The SMILES string of the molecule is CC/C=C\C/C=C\C/C=C\C/C=C\C/C=C\C/C=C\C/C=C\CCCCCCCCCC(=O)OCC(COC(=O)CCCCCCCC)OC(=O)CCCCCCCCCC/C=C\C/C=C\C/C=C\C/C=C\C/C=C\C/C=C\CC. The fourth-order valence-electron chi connectivity index (χ4n) is 8.48. The van der Waals surface area contributed by atoms with Crippen LogP contribution in [0.2, 0.25) is 0 Å². The maximum atomic E-state index is 12.9. The van der Waals surface area contributed by atoms with Crippen LogP contribution >= 0.6 is 0 Å². The number of allylic oxidation sites excluding steroid dienone is 26. The van der Waals surface area contributed by atoms with Crippen molar-refractivity contribution in [2.45, 2.75) is 277 Å². The summed E-state index contributed by atoms with van der Waals surface area (Å²) >= 11 is 0. The Hall–Kier alpha value is -4.97. The lowest BCUT2D eigenvalue weighted by Gasteiger charge is -2.18. The van der Waals surface area contributed by atoms with E-state index >= 15 is 0 Å². The lowest BCUT2D eigenvalue weighted by atomic mass is 10.1. The van der Waals surface area contributed by atoms with E-state index < -0.39 is 6.10 Å². The molecule has 0 N–H and O–H groups in total. The minimum Gasteiger partial charge on any atom is -0.462 e. The van der Waals surface area contributed by atoms with Crippen molar-refractivity contribution in [3.05, 3.63) is 158 Å². The highest BCUT2D eigenvalue weighted by Gasteiger charge is 2.19. The van der Waals surface area contributed by atoms with Crippen molar-refractivity contribution in [3.63, 3.8) is 0 Å². The lowest BCUT2D eigenvalue weighted by Crippen LogP contribution is -2.30. The molecule has 0 radical (unpaired) electrons. The Kier molecular flexibility index (Phi) is 62.4. The lowest BCUT2D eigenvalue weighted by molar-refractivity contribution is -0.167. The van der Waals surface area contributed by atoms with E-state index in [1.165, 1.54) is 77.0 Å². The zero-order valence-electron chi connectivity index (χ0n) is 51.5. The number of carbonyl (C=O) groups is 3. The normalized spacial score (nSPS) is 13.2. The van der Waals surface area contributed by atoms with E-state index in [1.807, 2.05) is 0 Å². The van der Waals surface area contributed by atoms with Crippen LogP contribution < -0.4 is 0 Å². The van der Waals surface area contributed by atoms with Crippen molar-refractivity contribution in [1.29, 1.82) is 0 Å². The molecule has 0 saturated heterocycles. The van der Waals surface area contributed by atoms with E-state index in [9.17, 15) is 14.4 Å². The summed E-state index contributed by atoms with van der Waals surface area (Å²) in [5.74, 6) is -0.923. The highest BCUT2D eigenvalue weighted by atomic mass is 16.6. The van der Waals surface area contributed by atoms with Gasteiger partial charge in [0.2, 0.25) is 0 Å². The molecule has 80 heavy (non-hydrogen) atoms. The van der Waals surface area contributed by atoms with Crippen LogP contribution in [0.15, 0.2) is 158 Å². The quantitative estimate of drug-likeness (QED) is 0.0261. The molecular formula is C74H118O6. The Morgan fingerprint density at radius 1 is 0.263 bits per heavy atom. The first-order chi connectivity index (χ1) is 39.5. The molecule has 0 heterocycles. The Balaban J connectivity index is 4.18. The van der Waals surface area contributed by atoms with Gasteiger partial charge in [0.15, 0.2) is 6.10 Å². The van der Waals surface area contributed by atoms with Crippen LogP contribution in [0.25, 0.3) is 0 Å². The number of hydrogen-bond acceptors (Lipinski definition) is 6. The van der Waals surface area contributed by atoms with Crippen LogP contribution in [-0.2, 0) is 28.6 Å². The molecule has 0 aliphatic carbocycles. The molecule has 1 atom stereocenters. The fourth-order valence-corrected chi connectivity index (χ4v) is 8.48. The summed E-state index contributed by atoms with van der Waals surface area (Å²) in [7, 11) is 0. The topological polar surface area (TPSA) is 78.9 Å². The Morgan fingerprint density at radius 2 is 0.487 bits per heavy atom. The summed E-state index contributed by atoms with van der Waals surface area (Å²) < 4.78 is 16.8. The summed E-state index contributed by atoms with van der Waals surface area (Å²) in [6.45, 7) is 6.33. The van der Waals surface area contributed by atoms with E-state index in [4.69, 9.17) is 14.2 Å². The number of unbranched alkanes of at least 4 members (excludes halogenated alkanes) is 20. The van der Waals surface area contributed by atoms with Crippen LogP contribution in [0.5, 0.6) is 0 Å². The molecule has 0 aromatic heterocycles. The summed E-state index contributed by atoms with van der Waals surface area (Å²) in [5, 5.41) is 0. The highest BCUT2D eigenvalue weighted by molar-refractivity contribution is 5.71. The second-order valence-corrected chi connectivity index (χ2v) is 20.9. The zero-order chi connectivity index (χ0) is 57.8. The molecule has 0 aromatic rings. The minimum atomic E-state index is -0.792. The van der Waals surface area contributed by atoms with E-state index in [0.717, 1.165) is 154 Å². The van der Waals surface area contributed by atoms with Crippen LogP contribution in [0.4, 0.5) is 0 Å². The summed E-state index contributed by atoms with van der Waals surface area (Å²) in [4.78, 5) is 38.1. The molecule has 0 fully saturated rings. The third-order valence-electron chi connectivity index (χ3n) is 13.3. The van der Waals surface area contributed by atoms with Gasteiger partial charge in [0, 0.05) is 19.3 Å². The van der Waals surface area contributed by atoms with Crippen molar-refractivity contribution >= 4 is 17.9 Å². The first-order valence-electron chi connectivity index (χ1n) is 32.5. The monoisotopic (exact) mass is 1100 g/mol. The van der Waals surface area contributed by atoms with Gasteiger partial charge in [0.25, 0.3) is 0 Å². The van der Waals surface area contributed by atoms with Crippen molar-refractivity contribution in [1.82, 2.24) is 0 Å². The van der Waals surface area contributed by atoms with Gasteiger partial charge in [-0.25, -0.2) is 0 Å². The van der Waals surface area contributed by atoms with Crippen LogP contribution in [-0.4, -0.2) is 37.2 Å². The molecule has 450 valence electrons. The summed E-state index contributed by atoms with van der Waals surface area (Å²) in [5.41, 5.74) is 0. The van der Waals surface area contributed by atoms with Gasteiger partial charge in [-0.3, -0.25) is 14.4 Å². The minimum absolute atomic E-state index is 0.0902. The molecule has 6 heteroatoms. The molecule has 0 aliphatic rings. The van der Waals surface area contributed by atoms with Gasteiger partial charge in [0.05, 0.1) is 0 Å². The predicted octanol–water partition coefficient (Wildman–Crippen LogP) is 22.5.